The maximum absolute atomic E-state index is 13.4. The molecule has 0 aliphatic carbocycles. The number of rotatable bonds is 1. The zero-order valence-electron chi connectivity index (χ0n) is 7.57. The highest BCUT2D eigenvalue weighted by Crippen LogP contribution is 2.21. The Hall–Kier alpha value is -1.70. The zero-order valence-corrected chi connectivity index (χ0v) is 7.57. The number of benzene rings is 1. The Morgan fingerprint density at radius 2 is 1.93 bits per heavy atom. The van der Waals surface area contributed by atoms with Gasteiger partial charge in [-0.1, -0.05) is 18.2 Å². The smallest absolute Gasteiger partial charge is 0.131 e. The second-order valence-corrected chi connectivity index (χ2v) is 3.06. The van der Waals surface area contributed by atoms with Gasteiger partial charge in [-0.3, -0.25) is 4.98 Å². The molecule has 2 rings (SSSR count). The molecule has 1 aromatic carbocycles. The molecular formula is C12H9FN. The van der Waals surface area contributed by atoms with Crippen LogP contribution in [0.5, 0.6) is 0 Å². The summed E-state index contributed by atoms with van der Waals surface area (Å²) in [5, 5.41) is 0. The fraction of sp³-hybridized carbons (Fsp3) is 0. The summed E-state index contributed by atoms with van der Waals surface area (Å²) in [6, 6.07) is 8.44. The molecule has 14 heavy (non-hydrogen) atoms. The van der Waals surface area contributed by atoms with Crippen LogP contribution in [0.3, 0.4) is 0 Å². The van der Waals surface area contributed by atoms with E-state index in [4.69, 9.17) is 0 Å². The first kappa shape index (κ1) is 8.88. The minimum absolute atomic E-state index is 0.236. The number of hydrogen-bond acceptors (Lipinski definition) is 1. The summed E-state index contributed by atoms with van der Waals surface area (Å²) in [7, 11) is 0. The molecule has 1 heterocycles. The van der Waals surface area contributed by atoms with Crippen molar-refractivity contribution in [2.24, 2.45) is 0 Å². The SMILES string of the molecule is [CH2]c1cncc(-c2ccccc2F)c1. The van der Waals surface area contributed by atoms with Gasteiger partial charge in [-0.2, -0.15) is 0 Å². The van der Waals surface area contributed by atoms with E-state index in [0.29, 0.717) is 5.56 Å². The minimum Gasteiger partial charge on any atom is -0.264 e. The number of nitrogens with zero attached hydrogens (tertiary/aromatic N) is 1. The molecule has 1 radical (unpaired) electrons. The van der Waals surface area contributed by atoms with Crippen LogP contribution < -0.4 is 0 Å². The number of aromatic nitrogens is 1. The van der Waals surface area contributed by atoms with E-state index in [2.05, 4.69) is 11.9 Å². The van der Waals surface area contributed by atoms with E-state index >= 15 is 0 Å². The Morgan fingerprint density at radius 3 is 2.64 bits per heavy atom. The molecular weight excluding hydrogens is 177 g/mol. The van der Waals surface area contributed by atoms with Crippen LogP contribution in [0.1, 0.15) is 5.56 Å². The van der Waals surface area contributed by atoms with Crippen molar-refractivity contribution >= 4 is 0 Å². The molecule has 1 aromatic heterocycles. The van der Waals surface area contributed by atoms with Crippen LogP contribution in [-0.4, -0.2) is 4.98 Å². The van der Waals surface area contributed by atoms with Gasteiger partial charge in [0.15, 0.2) is 0 Å². The lowest BCUT2D eigenvalue weighted by molar-refractivity contribution is 0.631. The molecule has 0 fully saturated rings. The summed E-state index contributed by atoms with van der Waals surface area (Å²) in [5.41, 5.74) is 2.10. The molecule has 0 aliphatic heterocycles. The van der Waals surface area contributed by atoms with Crippen LogP contribution in [-0.2, 0) is 0 Å². The molecule has 2 heteroatoms. The van der Waals surface area contributed by atoms with E-state index < -0.39 is 0 Å². The van der Waals surface area contributed by atoms with Gasteiger partial charge in [-0.15, -0.1) is 0 Å². The molecule has 1 nitrogen and oxygen atoms in total. The maximum atomic E-state index is 13.4. The molecule has 2 aromatic rings. The van der Waals surface area contributed by atoms with Crippen molar-refractivity contribution in [3.05, 3.63) is 61.0 Å². The van der Waals surface area contributed by atoms with Gasteiger partial charge in [0.25, 0.3) is 0 Å². The van der Waals surface area contributed by atoms with Crippen LogP contribution >= 0.6 is 0 Å². The van der Waals surface area contributed by atoms with Crippen molar-refractivity contribution in [3.8, 4) is 11.1 Å². The summed E-state index contributed by atoms with van der Waals surface area (Å²) in [4.78, 5) is 3.97. The second-order valence-electron chi connectivity index (χ2n) is 3.06. The second kappa shape index (κ2) is 3.58. The third kappa shape index (κ3) is 1.64. The van der Waals surface area contributed by atoms with E-state index in [-0.39, 0.29) is 5.82 Å². The topological polar surface area (TPSA) is 12.9 Å². The van der Waals surface area contributed by atoms with Crippen molar-refractivity contribution in [2.75, 3.05) is 0 Å². The van der Waals surface area contributed by atoms with Crippen LogP contribution in [0.25, 0.3) is 11.1 Å². The highest BCUT2D eigenvalue weighted by Gasteiger charge is 2.03. The summed E-state index contributed by atoms with van der Waals surface area (Å²) < 4.78 is 13.4. The Balaban J connectivity index is 2.55. The molecule has 0 saturated heterocycles. The molecule has 0 aliphatic rings. The molecule has 0 saturated carbocycles. The molecule has 69 valence electrons. The summed E-state index contributed by atoms with van der Waals surface area (Å²) in [6.07, 6.45) is 3.28. The first-order valence-corrected chi connectivity index (χ1v) is 4.29. The third-order valence-corrected chi connectivity index (χ3v) is 1.98. The van der Waals surface area contributed by atoms with Crippen LogP contribution in [0.2, 0.25) is 0 Å². The molecule has 0 bridgehead atoms. The molecule has 0 atom stereocenters. The van der Waals surface area contributed by atoms with Crippen molar-refractivity contribution < 1.29 is 4.39 Å². The summed E-state index contributed by atoms with van der Waals surface area (Å²) >= 11 is 0. The van der Waals surface area contributed by atoms with E-state index in [1.54, 1.807) is 30.6 Å². The molecule has 0 unspecified atom stereocenters. The monoisotopic (exact) mass is 186 g/mol. The predicted molar refractivity (Wildman–Crippen MR) is 54.1 cm³/mol. The normalized spacial score (nSPS) is 10.1. The Kier molecular flexibility index (Phi) is 2.27. The predicted octanol–water partition coefficient (Wildman–Crippen LogP) is 3.07. The fourth-order valence-corrected chi connectivity index (χ4v) is 1.33. The lowest BCUT2D eigenvalue weighted by atomic mass is 10.1. The fourth-order valence-electron chi connectivity index (χ4n) is 1.33. The van der Waals surface area contributed by atoms with Gasteiger partial charge in [0, 0.05) is 23.5 Å². The highest BCUT2D eigenvalue weighted by molar-refractivity contribution is 5.63. The van der Waals surface area contributed by atoms with Gasteiger partial charge in [0.1, 0.15) is 5.82 Å². The Bertz CT molecular complexity index is 452. The highest BCUT2D eigenvalue weighted by atomic mass is 19.1. The van der Waals surface area contributed by atoms with E-state index in [0.717, 1.165) is 11.1 Å². The van der Waals surface area contributed by atoms with Crippen molar-refractivity contribution in [1.82, 2.24) is 4.98 Å². The van der Waals surface area contributed by atoms with Crippen molar-refractivity contribution in [3.63, 3.8) is 0 Å². The molecule has 0 amide bonds. The lowest BCUT2D eigenvalue weighted by Crippen LogP contribution is -1.85. The summed E-state index contributed by atoms with van der Waals surface area (Å²) in [6.45, 7) is 3.75. The van der Waals surface area contributed by atoms with Gasteiger partial charge in [-0.05, 0) is 24.6 Å². The van der Waals surface area contributed by atoms with E-state index in [9.17, 15) is 4.39 Å². The number of halogens is 1. The van der Waals surface area contributed by atoms with Crippen LogP contribution in [0.15, 0.2) is 42.7 Å². The van der Waals surface area contributed by atoms with Gasteiger partial charge < -0.3 is 0 Å². The van der Waals surface area contributed by atoms with E-state index in [1.165, 1.54) is 6.07 Å². The van der Waals surface area contributed by atoms with Crippen LogP contribution in [0.4, 0.5) is 4.39 Å². The van der Waals surface area contributed by atoms with Gasteiger partial charge in [-0.25, -0.2) is 4.39 Å². The largest absolute Gasteiger partial charge is 0.264 e. The number of pyridine rings is 1. The summed E-state index contributed by atoms with van der Waals surface area (Å²) in [5.74, 6) is -0.236. The van der Waals surface area contributed by atoms with E-state index in [1.807, 2.05) is 6.07 Å². The van der Waals surface area contributed by atoms with Gasteiger partial charge in [0.2, 0.25) is 0 Å². The lowest BCUT2D eigenvalue weighted by Gasteiger charge is -2.02. The van der Waals surface area contributed by atoms with Gasteiger partial charge in [0.05, 0.1) is 0 Å². The first-order chi connectivity index (χ1) is 6.77. The zero-order chi connectivity index (χ0) is 9.97. The third-order valence-electron chi connectivity index (χ3n) is 1.98. The number of hydrogen-bond donors (Lipinski definition) is 0. The first-order valence-electron chi connectivity index (χ1n) is 4.29. The quantitative estimate of drug-likeness (QED) is 0.667. The minimum atomic E-state index is -0.236. The average Bonchev–Trinajstić information content (AvgIpc) is 2.18. The van der Waals surface area contributed by atoms with Crippen molar-refractivity contribution in [1.29, 1.82) is 0 Å². The van der Waals surface area contributed by atoms with Gasteiger partial charge >= 0.3 is 0 Å². The Labute approximate surface area is 82.2 Å². The molecule has 0 N–H and O–H groups in total. The van der Waals surface area contributed by atoms with Crippen molar-refractivity contribution in [2.45, 2.75) is 0 Å². The molecule has 0 spiro atoms. The van der Waals surface area contributed by atoms with Crippen LogP contribution in [0, 0.1) is 12.7 Å². The average molecular weight is 186 g/mol. The standard InChI is InChI=1S/C12H9FN/c1-9-6-10(8-14-7-9)11-4-2-3-5-12(11)13/h2-8H,1H2. The maximum Gasteiger partial charge on any atom is 0.131 e. The Morgan fingerprint density at radius 1 is 1.14 bits per heavy atom.